The largest absolute Gasteiger partial charge is 0.462 e. The second kappa shape index (κ2) is 16.8. The fourth-order valence-electron chi connectivity index (χ4n) is 10.4. The van der Waals surface area contributed by atoms with Crippen LogP contribution in [0.15, 0.2) is 52.3 Å². The number of allylic oxidation sites excluding steroid dienone is 2. The van der Waals surface area contributed by atoms with Crippen LogP contribution in [0.25, 0.3) is 0 Å². The van der Waals surface area contributed by atoms with Gasteiger partial charge in [0.25, 0.3) is 0 Å². The summed E-state index contributed by atoms with van der Waals surface area (Å²) in [5.41, 5.74) is 0.362. The molecule has 1 saturated carbocycles. The minimum absolute atomic E-state index is 0.0359. The molecule has 7 aliphatic rings. The van der Waals surface area contributed by atoms with Crippen LogP contribution in [-0.2, 0) is 38.0 Å². The van der Waals surface area contributed by atoms with Gasteiger partial charge in [0, 0.05) is 38.7 Å². The quantitative estimate of drug-likeness (QED) is 0.132. The maximum Gasteiger partial charge on any atom is 0.316 e. The lowest BCUT2D eigenvalue weighted by molar-refractivity contribution is -0.342. The molecule has 0 aromatic rings. The van der Waals surface area contributed by atoms with Gasteiger partial charge in [-0.2, -0.15) is 0 Å². The summed E-state index contributed by atoms with van der Waals surface area (Å²) in [5, 5.41) is 36.7. The highest BCUT2D eigenvalue weighted by atomic mass is 16.7. The molecule has 7 rings (SSSR count). The molecule has 0 amide bonds. The summed E-state index contributed by atoms with van der Waals surface area (Å²) in [6.45, 7) is 10.0. The fraction of sp³-hybridized carbons (Fsp3) is 0.767. The number of aliphatic hydroxyl groups excluding tert-OH is 1. The summed E-state index contributed by atoms with van der Waals surface area (Å²) in [6.07, 6.45) is 14.4. The van der Waals surface area contributed by atoms with Crippen molar-refractivity contribution in [3.63, 3.8) is 0 Å². The molecule has 0 aromatic heterocycles. The lowest BCUT2D eigenvalue weighted by atomic mass is 9.71. The van der Waals surface area contributed by atoms with Crippen molar-refractivity contribution in [2.24, 2.45) is 28.8 Å². The van der Waals surface area contributed by atoms with Gasteiger partial charge in [0.05, 0.1) is 37.1 Å². The third kappa shape index (κ3) is 8.17. The molecule has 2 bridgehead atoms. The average Bonchev–Trinajstić information content (AvgIpc) is 3.50. The predicted octanol–water partition coefficient (Wildman–Crippen LogP) is 6.07. The summed E-state index contributed by atoms with van der Waals surface area (Å²) in [6, 6.07) is 0. The highest BCUT2D eigenvalue weighted by Gasteiger charge is 2.60. The number of ether oxygens (including phenoxy) is 7. The lowest BCUT2D eigenvalue weighted by Gasteiger charge is -2.51. The van der Waals surface area contributed by atoms with Gasteiger partial charge in [-0.05, 0) is 75.0 Å². The third-order valence-electron chi connectivity index (χ3n) is 13.6. The number of carbonyl (C=O) groups excluding carboxylic acids is 1. The summed E-state index contributed by atoms with van der Waals surface area (Å²) < 4.78 is 45.1. The number of rotatable bonds is 4. The van der Waals surface area contributed by atoms with Crippen LogP contribution in [0.3, 0.4) is 0 Å². The molecule has 306 valence electrons. The van der Waals surface area contributed by atoms with Crippen LogP contribution < -0.4 is 0 Å². The summed E-state index contributed by atoms with van der Waals surface area (Å²) in [5.74, 6) is -1.83. The second-order valence-corrected chi connectivity index (χ2v) is 17.4. The molecule has 2 aliphatic carbocycles. The number of fused-ring (bicyclic) bond motifs is 2. The Bertz CT molecular complexity index is 1550. The second-order valence-electron chi connectivity index (χ2n) is 17.4. The SMILES string of the molecule is CO[C@H]1C[C@H](O[C@@H]2/C(C)=C/C[C@@H]3C[C@@H](C[C@]4(CC[C@H](C)[C@H](C5CCCCC5)O4)O3)OC(=O)[C@H]3C=C(C)/C(=N/O)[C@H]4OC/C(=C\C=C\[C@@H]2C)[C@@]34O)O[C@@H](C)[C@@H]1O. The highest BCUT2D eigenvalue weighted by molar-refractivity contribution is 6.06. The van der Waals surface area contributed by atoms with Crippen molar-refractivity contribution in [1.82, 2.24) is 0 Å². The van der Waals surface area contributed by atoms with Crippen molar-refractivity contribution in [2.45, 2.75) is 172 Å². The molecule has 0 aromatic carbocycles. The molecule has 12 nitrogen and oxygen atoms in total. The monoisotopic (exact) mass is 769 g/mol. The number of methoxy groups -OCH3 is 1. The Morgan fingerprint density at radius 2 is 1.80 bits per heavy atom. The average molecular weight is 770 g/mol. The molecule has 1 spiro atoms. The number of oxime groups is 1. The Morgan fingerprint density at radius 3 is 2.55 bits per heavy atom. The Hall–Kier alpha value is -2.42. The fourth-order valence-corrected chi connectivity index (χ4v) is 10.4. The topological polar surface area (TPSA) is 155 Å². The van der Waals surface area contributed by atoms with Gasteiger partial charge < -0.3 is 48.6 Å². The summed E-state index contributed by atoms with van der Waals surface area (Å²) in [4.78, 5) is 14.4. The summed E-state index contributed by atoms with van der Waals surface area (Å²) >= 11 is 0. The Balaban J connectivity index is 1.25. The van der Waals surface area contributed by atoms with Crippen LogP contribution in [0.2, 0.25) is 0 Å². The van der Waals surface area contributed by atoms with E-state index in [0.29, 0.717) is 55.1 Å². The first-order valence-electron chi connectivity index (χ1n) is 20.7. The van der Waals surface area contributed by atoms with Crippen molar-refractivity contribution < 1.29 is 53.4 Å². The van der Waals surface area contributed by atoms with Gasteiger partial charge in [-0.25, -0.2) is 0 Å². The Kier molecular flexibility index (Phi) is 12.5. The first-order chi connectivity index (χ1) is 26.4. The van der Waals surface area contributed by atoms with Crippen LogP contribution >= 0.6 is 0 Å². The normalized spacial score (nSPS) is 47.9. The molecule has 4 saturated heterocycles. The van der Waals surface area contributed by atoms with Crippen LogP contribution in [0.1, 0.15) is 105 Å². The first-order valence-corrected chi connectivity index (χ1v) is 20.7. The number of aliphatic hydroxyl groups is 2. The maximum absolute atomic E-state index is 14.4. The van der Waals surface area contributed by atoms with E-state index >= 15 is 0 Å². The van der Waals surface area contributed by atoms with Gasteiger partial charge in [-0.1, -0.05) is 68.6 Å². The van der Waals surface area contributed by atoms with Crippen LogP contribution in [0.4, 0.5) is 0 Å². The van der Waals surface area contributed by atoms with E-state index in [0.717, 1.165) is 24.8 Å². The van der Waals surface area contributed by atoms with E-state index in [2.05, 4.69) is 32.0 Å². The number of nitrogens with zero attached hydrogens (tertiary/aromatic N) is 1. The van der Waals surface area contributed by atoms with Crippen molar-refractivity contribution in [3.8, 4) is 0 Å². The van der Waals surface area contributed by atoms with Crippen molar-refractivity contribution in [2.75, 3.05) is 13.7 Å². The maximum atomic E-state index is 14.4. The molecule has 5 aliphatic heterocycles. The van der Waals surface area contributed by atoms with Gasteiger partial charge in [0.1, 0.15) is 35.5 Å². The van der Waals surface area contributed by atoms with Crippen LogP contribution in [0.5, 0.6) is 0 Å². The molecule has 14 atom stereocenters. The molecule has 12 heteroatoms. The number of carbonyl (C=O) groups is 1. The van der Waals surface area contributed by atoms with Crippen LogP contribution in [-0.4, -0.2) is 107 Å². The van der Waals surface area contributed by atoms with E-state index in [1.54, 1.807) is 26.2 Å². The van der Waals surface area contributed by atoms with Crippen LogP contribution in [0, 0.1) is 23.7 Å². The van der Waals surface area contributed by atoms with E-state index in [1.165, 1.54) is 19.3 Å². The van der Waals surface area contributed by atoms with Gasteiger partial charge >= 0.3 is 5.97 Å². The number of hydrogen-bond acceptors (Lipinski definition) is 12. The van der Waals surface area contributed by atoms with E-state index < -0.39 is 66.2 Å². The number of hydrogen-bond donors (Lipinski definition) is 3. The Morgan fingerprint density at radius 1 is 1.02 bits per heavy atom. The van der Waals surface area contributed by atoms with E-state index in [1.807, 2.05) is 19.1 Å². The molecule has 0 radical (unpaired) electrons. The van der Waals surface area contributed by atoms with Gasteiger partial charge in [-0.3, -0.25) is 4.79 Å². The molecule has 5 fully saturated rings. The highest BCUT2D eigenvalue weighted by Crippen LogP contribution is 2.48. The minimum Gasteiger partial charge on any atom is -0.462 e. The molecular weight excluding hydrogens is 706 g/mol. The van der Waals surface area contributed by atoms with Gasteiger partial charge in [0.15, 0.2) is 12.1 Å². The molecule has 55 heavy (non-hydrogen) atoms. The van der Waals surface area contributed by atoms with Crippen molar-refractivity contribution >= 4 is 11.7 Å². The molecular formula is C43H63NO11. The number of esters is 1. The van der Waals surface area contributed by atoms with E-state index in [9.17, 15) is 20.2 Å². The van der Waals surface area contributed by atoms with Gasteiger partial charge in [0.2, 0.25) is 0 Å². The lowest BCUT2D eigenvalue weighted by Crippen LogP contribution is -2.57. The molecule has 5 heterocycles. The smallest absolute Gasteiger partial charge is 0.316 e. The molecule has 3 N–H and O–H groups in total. The van der Waals surface area contributed by atoms with Gasteiger partial charge in [-0.15, -0.1) is 0 Å². The van der Waals surface area contributed by atoms with Crippen molar-refractivity contribution in [3.05, 3.63) is 47.1 Å². The first kappa shape index (κ1) is 40.8. The zero-order chi connectivity index (χ0) is 39.1. The van der Waals surface area contributed by atoms with E-state index in [-0.39, 0.29) is 30.4 Å². The van der Waals surface area contributed by atoms with E-state index in [4.69, 9.17) is 33.2 Å². The summed E-state index contributed by atoms with van der Waals surface area (Å²) in [7, 11) is 1.59. The predicted molar refractivity (Wildman–Crippen MR) is 203 cm³/mol. The standard InChI is InChI=1S/C43H63NO11/c1-24-11-10-14-30-23-50-40-36(44-48)27(4)19-33(43(30,40)47)41(46)52-32-20-31(16-15-25(2)38(24)53-35-21-34(49-6)37(45)28(5)51-35)54-42(22-32)18-17-26(3)39(55-42)29-12-8-7-9-13-29/h10-11,14-15,19,24,26,28-29,31-35,37-40,45,47-48H,7-9,12-13,16-18,20-23H2,1-6H3/b11-10+,25-15+,30-14+,44-36-/t24-,26-,28-,31+,32-,33+,34-,35-,37-,38-,39+,40+,42+,43+/m0/s1. The third-order valence-corrected chi connectivity index (χ3v) is 13.6. The zero-order valence-corrected chi connectivity index (χ0v) is 33.4. The molecule has 0 unspecified atom stereocenters. The Labute approximate surface area is 325 Å². The minimum atomic E-state index is -1.83. The zero-order valence-electron chi connectivity index (χ0n) is 33.4. The van der Waals surface area contributed by atoms with Crippen molar-refractivity contribution in [1.29, 1.82) is 0 Å².